The number of quaternary nitrogens is 1. The van der Waals surface area contributed by atoms with Crippen LogP contribution in [0.5, 0.6) is 0 Å². The molecular weight excluding hydrogens is 264 g/mol. The van der Waals surface area contributed by atoms with Crippen molar-refractivity contribution < 1.29 is 10.2 Å². The van der Waals surface area contributed by atoms with Gasteiger partial charge in [0.25, 0.3) is 5.69 Å². The van der Waals surface area contributed by atoms with Crippen molar-refractivity contribution >= 4 is 5.69 Å². The molecule has 0 saturated heterocycles. The van der Waals surface area contributed by atoms with Gasteiger partial charge in [-0.2, -0.15) is 0 Å². The number of para-hydroxylation sites is 1. The number of rotatable bonds is 4. The molecule has 0 radical (unpaired) electrons. The summed E-state index contributed by atoms with van der Waals surface area (Å²) in [6.45, 7) is 0.649. The van der Waals surface area contributed by atoms with Crippen molar-refractivity contribution in [2.75, 3.05) is 0 Å². The van der Waals surface area contributed by atoms with E-state index in [1.165, 1.54) is 17.5 Å². The lowest BCUT2D eigenvalue weighted by atomic mass is 9.87. The first-order chi connectivity index (χ1) is 10.3. The van der Waals surface area contributed by atoms with E-state index < -0.39 is 0 Å². The van der Waals surface area contributed by atoms with Crippen molar-refractivity contribution in [1.29, 1.82) is 0 Å². The van der Waals surface area contributed by atoms with Gasteiger partial charge in [-0.05, 0) is 24.5 Å². The van der Waals surface area contributed by atoms with Gasteiger partial charge in [-0.3, -0.25) is 10.1 Å². The van der Waals surface area contributed by atoms with Crippen molar-refractivity contribution in [3.8, 4) is 0 Å². The van der Waals surface area contributed by atoms with Gasteiger partial charge in [0, 0.05) is 18.1 Å². The summed E-state index contributed by atoms with van der Waals surface area (Å²) in [7, 11) is 0. The maximum absolute atomic E-state index is 11.1. The van der Waals surface area contributed by atoms with E-state index in [-0.39, 0.29) is 10.6 Å². The maximum atomic E-state index is 11.1. The van der Waals surface area contributed by atoms with Gasteiger partial charge in [0.15, 0.2) is 0 Å². The molecule has 0 fully saturated rings. The van der Waals surface area contributed by atoms with Gasteiger partial charge in [0.05, 0.1) is 10.5 Å². The third-order valence-corrected chi connectivity index (χ3v) is 4.23. The lowest BCUT2D eigenvalue weighted by Crippen LogP contribution is -2.84. The second-order valence-electron chi connectivity index (χ2n) is 5.52. The smallest absolute Gasteiger partial charge is 0.278 e. The minimum Gasteiger partial charge on any atom is -0.336 e. The lowest BCUT2D eigenvalue weighted by molar-refractivity contribution is -0.712. The van der Waals surface area contributed by atoms with Crippen LogP contribution in [0.15, 0.2) is 48.5 Å². The minimum absolute atomic E-state index is 0.220. The average molecular weight is 283 g/mol. The SMILES string of the molecule is O=[N+]([O-])c1ccccc1C[NH2+]C1CCCc2ccccc21. The molecule has 1 aliphatic rings. The van der Waals surface area contributed by atoms with E-state index in [1.54, 1.807) is 12.1 Å². The monoisotopic (exact) mass is 283 g/mol. The third kappa shape index (κ3) is 2.95. The fourth-order valence-corrected chi connectivity index (χ4v) is 3.17. The topological polar surface area (TPSA) is 59.8 Å². The highest BCUT2D eigenvalue weighted by molar-refractivity contribution is 5.39. The van der Waals surface area contributed by atoms with Crippen molar-refractivity contribution in [1.82, 2.24) is 0 Å². The fraction of sp³-hybridized carbons (Fsp3) is 0.294. The van der Waals surface area contributed by atoms with Gasteiger partial charge in [-0.1, -0.05) is 36.4 Å². The van der Waals surface area contributed by atoms with Crippen molar-refractivity contribution in [2.24, 2.45) is 0 Å². The van der Waals surface area contributed by atoms with Gasteiger partial charge < -0.3 is 5.32 Å². The normalized spacial score (nSPS) is 17.2. The predicted molar refractivity (Wildman–Crippen MR) is 80.8 cm³/mol. The molecule has 1 aliphatic carbocycles. The molecule has 2 aromatic carbocycles. The Balaban J connectivity index is 1.76. The number of nitro benzene ring substituents is 1. The summed E-state index contributed by atoms with van der Waals surface area (Å²) in [6.07, 6.45) is 3.47. The zero-order valence-corrected chi connectivity index (χ0v) is 11.9. The minimum atomic E-state index is -0.294. The Labute approximate surface area is 124 Å². The highest BCUT2D eigenvalue weighted by atomic mass is 16.6. The average Bonchev–Trinajstić information content (AvgIpc) is 2.53. The Morgan fingerprint density at radius 2 is 1.90 bits per heavy atom. The molecule has 1 atom stereocenters. The first-order valence-electron chi connectivity index (χ1n) is 7.39. The molecule has 21 heavy (non-hydrogen) atoms. The van der Waals surface area contributed by atoms with Crippen LogP contribution in [0.2, 0.25) is 0 Å². The van der Waals surface area contributed by atoms with Crippen LogP contribution in [-0.4, -0.2) is 4.92 Å². The van der Waals surface area contributed by atoms with Gasteiger partial charge >= 0.3 is 0 Å². The Hall–Kier alpha value is -2.20. The van der Waals surface area contributed by atoms with E-state index in [0.29, 0.717) is 12.6 Å². The Morgan fingerprint density at radius 1 is 1.14 bits per heavy atom. The van der Waals surface area contributed by atoms with Gasteiger partial charge in [0.2, 0.25) is 0 Å². The molecule has 0 amide bonds. The van der Waals surface area contributed by atoms with E-state index in [9.17, 15) is 10.1 Å². The molecule has 0 spiro atoms. The number of aryl methyl sites for hydroxylation is 1. The zero-order chi connectivity index (χ0) is 14.7. The fourth-order valence-electron chi connectivity index (χ4n) is 3.17. The molecule has 0 heterocycles. The van der Waals surface area contributed by atoms with Crippen molar-refractivity contribution in [3.05, 3.63) is 75.3 Å². The molecule has 0 aromatic heterocycles. The molecule has 0 bridgehead atoms. The first kappa shape index (κ1) is 13.8. The van der Waals surface area contributed by atoms with Crippen LogP contribution in [0.25, 0.3) is 0 Å². The van der Waals surface area contributed by atoms with Gasteiger partial charge in [-0.15, -0.1) is 0 Å². The second kappa shape index (κ2) is 6.06. The largest absolute Gasteiger partial charge is 0.336 e. The quantitative estimate of drug-likeness (QED) is 0.693. The molecule has 4 nitrogen and oxygen atoms in total. The number of benzene rings is 2. The molecule has 0 saturated carbocycles. The van der Waals surface area contributed by atoms with Crippen LogP contribution in [0.4, 0.5) is 5.69 Å². The summed E-state index contributed by atoms with van der Waals surface area (Å²) in [5, 5.41) is 13.3. The van der Waals surface area contributed by atoms with Gasteiger partial charge in [-0.25, -0.2) is 0 Å². The predicted octanol–water partition coefficient (Wildman–Crippen LogP) is 2.74. The zero-order valence-electron chi connectivity index (χ0n) is 11.9. The van der Waals surface area contributed by atoms with Crippen molar-refractivity contribution in [2.45, 2.75) is 31.8 Å². The van der Waals surface area contributed by atoms with Crippen LogP contribution in [0, 0.1) is 10.1 Å². The standard InChI is InChI=1S/C17H18N2O2/c20-19(21)17-11-4-2-7-14(17)12-18-16-10-5-8-13-6-1-3-9-15(13)16/h1-4,6-7,9,11,16,18H,5,8,10,12H2/p+1. The summed E-state index contributed by atoms with van der Waals surface area (Å²) in [5.74, 6) is 0. The summed E-state index contributed by atoms with van der Waals surface area (Å²) in [5.41, 5.74) is 3.83. The van der Waals surface area contributed by atoms with Crippen LogP contribution in [0.1, 0.15) is 35.6 Å². The molecule has 108 valence electrons. The van der Waals surface area contributed by atoms with E-state index in [4.69, 9.17) is 0 Å². The molecule has 3 rings (SSSR count). The molecular formula is C17H19N2O2+. The lowest BCUT2D eigenvalue weighted by Gasteiger charge is -2.23. The number of hydrogen-bond acceptors (Lipinski definition) is 2. The molecule has 4 heteroatoms. The molecule has 1 unspecified atom stereocenters. The van der Waals surface area contributed by atoms with Crippen LogP contribution in [0.3, 0.4) is 0 Å². The molecule has 2 aromatic rings. The third-order valence-electron chi connectivity index (χ3n) is 4.23. The summed E-state index contributed by atoms with van der Waals surface area (Å²) < 4.78 is 0. The summed E-state index contributed by atoms with van der Waals surface area (Å²) in [6, 6.07) is 16.0. The Kier molecular flexibility index (Phi) is 3.97. The van der Waals surface area contributed by atoms with E-state index >= 15 is 0 Å². The number of nitrogens with two attached hydrogens (primary N) is 1. The maximum Gasteiger partial charge on any atom is 0.278 e. The van der Waals surface area contributed by atoms with E-state index in [0.717, 1.165) is 18.4 Å². The van der Waals surface area contributed by atoms with Crippen LogP contribution >= 0.6 is 0 Å². The summed E-state index contributed by atoms with van der Waals surface area (Å²) in [4.78, 5) is 10.8. The van der Waals surface area contributed by atoms with E-state index in [1.807, 2.05) is 12.1 Å². The second-order valence-corrected chi connectivity index (χ2v) is 5.52. The Bertz CT molecular complexity index is 655. The Morgan fingerprint density at radius 3 is 2.76 bits per heavy atom. The highest BCUT2D eigenvalue weighted by Crippen LogP contribution is 2.27. The summed E-state index contributed by atoms with van der Waals surface area (Å²) >= 11 is 0. The number of hydrogen-bond donors (Lipinski definition) is 1. The molecule has 2 N–H and O–H groups in total. The number of nitro groups is 1. The number of fused-ring (bicyclic) bond motifs is 1. The van der Waals surface area contributed by atoms with Crippen LogP contribution < -0.4 is 5.32 Å². The highest BCUT2D eigenvalue weighted by Gasteiger charge is 2.23. The van der Waals surface area contributed by atoms with Crippen molar-refractivity contribution in [3.63, 3.8) is 0 Å². The molecule has 0 aliphatic heterocycles. The van der Waals surface area contributed by atoms with Crippen LogP contribution in [-0.2, 0) is 13.0 Å². The number of nitrogens with zero attached hydrogens (tertiary/aromatic N) is 1. The van der Waals surface area contributed by atoms with E-state index in [2.05, 4.69) is 29.6 Å². The first-order valence-corrected chi connectivity index (χ1v) is 7.39. The van der Waals surface area contributed by atoms with Gasteiger partial charge in [0.1, 0.15) is 12.6 Å².